The van der Waals surface area contributed by atoms with Gasteiger partial charge in [0, 0.05) is 18.8 Å². The fourth-order valence-corrected chi connectivity index (χ4v) is 3.89. The Labute approximate surface area is 156 Å². The quantitative estimate of drug-likeness (QED) is 0.534. The minimum atomic E-state index is -0.715. The Balaban J connectivity index is 2.03. The smallest absolute Gasteiger partial charge is 0.159 e. The summed E-state index contributed by atoms with van der Waals surface area (Å²) in [6.07, 6.45) is 4.49. The maximum absolute atomic E-state index is 12.7. The Hall–Kier alpha value is -2.21. The molecule has 0 aliphatic heterocycles. The average Bonchev–Trinajstić information content (AvgIpc) is 2.87. The molecule has 0 spiro atoms. The van der Waals surface area contributed by atoms with Gasteiger partial charge in [-0.3, -0.25) is 4.79 Å². The van der Waals surface area contributed by atoms with Crippen LogP contribution in [0.4, 0.5) is 0 Å². The van der Waals surface area contributed by atoms with E-state index in [2.05, 4.69) is 18.8 Å². The molecule has 2 aliphatic rings. The lowest BCUT2D eigenvalue weighted by Gasteiger charge is -2.40. The topological polar surface area (TPSA) is 35.5 Å². The predicted molar refractivity (Wildman–Crippen MR) is 104 cm³/mol. The first-order chi connectivity index (χ1) is 12.5. The van der Waals surface area contributed by atoms with Crippen LogP contribution in [0.2, 0.25) is 0 Å². The van der Waals surface area contributed by atoms with Crippen LogP contribution in [-0.2, 0) is 9.53 Å². The molecule has 2 atom stereocenters. The number of ketones is 1. The highest BCUT2D eigenvalue weighted by Gasteiger charge is 2.62. The lowest BCUT2D eigenvalue weighted by Crippen LogP contribution is -2.48. The van der Waals surface area contributed by atoms with Crippen molar-refractivity contribution in [1.29, 1.82) is 0 Å². The highest BCUT2D eigenvalue weighted by molar-refractivity contribution is 6.02. The third-order valence-electron chi connectivity index (χ3n) is 5.30. The fraction of sp³-hybridized carbons (Fsp3) is 0.522. The van der Waals surface area contributed by atoms with Crippen molar-refractivity contribution in [2.45, 2.75) is 59.0 Å². The summed E-state index contributed by atoms with van der Waals surface area (Å²) in [6.45, 7) is 6.17. The van der Waals surface area contributed by atoms with Crippen molar-refractivity contribution in [3.8, 4) is 17.6 Å². The molecule has 1 fully saturated rings. The second-order valence-electron chi connectivity index (χ2n) is 7.44. The predicted octanol–water partition coefficient (Wildman–Crippen LogP) is 5.00. The minimum Gasteiger partial charge on any atom is -0.497 e. The van der Waals surface area contributed by atoms with Crippen molar-refractivity contribution in [1.82, 2.24) is 0 Å². The molecule has 0 radical (unpaired) electrons. The molecule has 0 bridgehead atoms. The number of ether oxygens (including phenoxy) is 2. The van der Waals surface area contributed by atoms with Crippen LogP contribution in [0, 0.1) is 23.2 Å². The van der Waals surface area contributed by atoms with Crippen molar-refractivity contribution < 1.29 is 14.3 Å². The Morgan fingerprint density at radius 3 is 2.54 bits per heavy atom. The normalized spacial score (nSPS) is 24.0. The largest absolute Gasteiger partial charge is 0.497 e. The lowest BCUT2D eigenvalue weighted by molar-refractivity contribution is -0.139. The summed E-state index contributed by atoms with van der Waals surface area (Å²) < 4.78 is 11.5. The molecule has 0 unspecified atom stereocenters. The van der Waals surface area contributed by atoms with Crippen molar-refractivity contribution >= 4 is 11.4 Å². The van der Waals surface area contributed by atoms with Crippen LogP contribution in [0.25, 0.3) is 5.57 Å². The molecular weight excluding hydrogens is 324 g/mol. The Morgan fingerprint density at radius 2 is 1.96 bits per heavy atom. The van der Waals surface area contributed by atoms with Crippen LogP contribution in [0.3, 0.4) is 0 Å². The standard InChI is InChI=1S/C23H28O3/c1-5-6-7-8-13-23-18(15-21(23)24)14-20(22(23)26-16(2)3)17-9-11-19(25-4)12-10-17/h9-12,16,18H,5-7,14-15H2,1-4H3/t18-,23-/m0/s1. The van der Waals surface area contributed by atoms with E-state index in [1.54, 1.807) is 7.11 Å². The number of Topliss-reactive ketones (excluding diaryl/α,β-unsaturated/α-hetero) is 1. The first-order valence-electron chi connectivity index (χ1n) is 9.61. The maximum Gasteiger partial charge on any atom is 0.159 e. The van der Waals surface area contributed by atoms with Gasteiger partial charge in [-0.15, -0.1) is 5.92 Å². The van der Waals surface area contributed by atoms with E-state index in [-0.39, 0.29) is 17.8 Å². The van der Waals surface area contributed by atoms with Crippen LogP contribution in [0.5, 0.6) is 5.75 Å². The zero-order valence-corrected chi connectivity index (χ0v) is 16.2. The zero-order chi connectivity index (χ0) is 18.7. The minimum absolute atomic E-state index is 0.0136. The van der Waals surface area contributed by atoms with E-state index in [0.717, 1.165) is 48.3 Å². The fourth-order valence-electron chi connectivity index (χ4n) is 3.89. The molecular formula is C23H28O3. The van der Waals surface area contributed by atoms with E-state index in [1.807, 2.05) is 38.1 Å². The number of carbonyl (C=O) groups is 1. The summed E-state index contributed by atoms with van der Waals surface area (Å²) in [6, 6.07) is 8.00. The van der Waals surface area contributed by atoms with Gasteiger partial charge in [-0.1, -0.05) is 31.4 Å². The van der Waals surface area contributed by atoms with Gasteiger partial charge in [0.15, 0.2) is 11.2 Å². The summed E-state index contributed by atoms with van der Waals surface area (Å²) in [5.74, 6) is 8.70. The summed E-state index contributed by atoms with van der Waals surface area (Å²) >= 11 is 0. The maximum atomic E-state index is 12.7. The summed E-state index contributed by atoms with van der Waals surface area (Å²) in [7, 11) is 1.66. The average molecular weight is 352 g/mol. The molecule has 1 aromatic rings. The Kier molecular flexibility index (Phi) is 5.41. The van der Waals surface area contributed by atoms with Crippen LogP contribution >= 0.6 is 0 Å². The van der Waals surface area contributed by atoms with E-state index in [1.165, 1.54) is 0 Å². The summed E-state index contributed by atoms with van der Waals surface area (Å²) in [5.41, 5.74) is 1.51. The third kappa shape index (κ3) is 3.14. The molecule has 0 saturated heterocycles. The van der Waals surface area contributed by atoms with Gasteiger partial charge in [0.05, 0.1) is 13.2 Å². The molecule has 3 nitrogen and oxygen atoms in total. The molecule has 0 amide bonds. The molecule has 138 valence electrons. The van der Waals surface area contributed by atoms with Gasteiger partial charge in [0.2, 0.25) is 0 Å². The van der Waals surface area contributed by atoms with Gasteiger partial charge in [-0.2, -0.15) is 0 Å². The van der Waals surface area contributed by atoms with Crippen LogP contribution < -0.4 is 4.74 Å². The SMILES string of the molecule is CCCCC#C[C@@]12C(=O)C[C@@H]1CC(c1ccc(OC)cc1)=C2OC(C)C. The molecule has 0 N–H and O–H groups in total. The molecule has 3 heteroatoms. The van der Waals surface area contributed by atoms with Crippen molar-refractivity contribution in [3.05, 3.63) is 35.6 Å². The molecule has 3 rings (SSSR count). The van der Waals surface area contributed by atoms with Gasteiger partial charge in [0.25, 0.3) is 0 Å². The number of fused-ring (bicyclic) bond motifs is 1. The number of hydrogen-bond acceptors (Lipinski definition) is 3. The van der Waals surface area contributed by atoms with Gasteiger partial charge in [-0.05, 0) is 50.0 Å². The highest BCUT2D eigenvalue weighted by atomic mass is 16.5. The van der Waals surface area contributed by atoms with Crippen molar-refractivity contribution in [3.63, 3.8) is 0 Å². The van der Waals surface area contributed by atoms with Crippen LogP contribution in [0.1, 0.15) is 58.4 Å². The number of methoxy groups -OCH3 is 1. The number of unbranched alkanes of at least 4 members (excludes halogenated alkanes) is 2. The number of allylic oxidation sites excluding steroid dienone is 2. The van der Waals surface area contributed by atoms with Crippen LogP contribution in [0.15, 0.2) is 30.0 Å². The molecule has 0 heterocycles. The third-order valence-corrected chi connectivity index (χ3v) is 5.30. The molecule has 26 heavy (non-hydrogen) atoms. The van der Waals surface area contributed by atoms with E-state index in [9.17, 15) is 4.79 Å². The van der Waals surface area contributed by atoms with Gasteiger partial charge >= 0.3 is 0 Å². The second kappa shape index (κ2) is 7.58. The zero-order valence-electron chi connectivity index (χ0n) is 16.2. The van der Waals surface area contributed by atoms with Gasteiger partial charge in [-0.25, -0.2) is 0 Å². The number of carbonyl (C=O) groups excluding carboxylic acids is 1. The van der Waals surface area contributed by atoms with Gasteiger partial charge in [0.1, 0.15) is 11.5 Å². The molecule has 2 aliphatic carbocycles. The van der Waals surface area contributed by atoms with E-state index in [4.69, 9.17) is 9.47 Å². The number of rotatable bonds is 6. The Morgan fingerprint density at radius 1 is 1.23 bits per heavy atom. The van der Waals surface area contributed by atoms with Crippen LogP contribution in [-0.4, -0.2) is 19.0 Å². The van der Waals surface area contributed by atoms with E-state index < -0.39 is 5.41 Å². The number of hydrogen-bond donors (Lipinski definition) is 0. The number of benzene rings is 1. The molecule has 1 aromatic carbocycles. The first-order valence-corrected chi connectivity index (χ1v) is 9.61. The van der Waals surface area contributed by atoms with E-state index in [0.29, 0.717) is 6.42 Å². The monoisotopic (exact) mass is 352 g/mol. The summed E-state index contributed by atoms with van der Waals surface area (Å²) in [5, 5.41) is 0. The second-order valence-corrected chi connectivity index (χ2v) is 7.44. The lowest BCUT2D eigenvalue weighted by atomic mass is 9.60. The first kappa shape index (κ1) is 18.6. The summed E-state index contributed by atoms with van der Waals surface area (Å²) in [4.78, 5) is 12.7. The van der Waals surface area contributed by atoms with Crippen molar-refractivity contribution in [2.24, 2.45) is 11.3 Å². The Bertz CT molecular complexity index is 761. The van der Waals surface area contributed by atoms with Gasteiger partial charge < -0.3 is 9.47 Å². The molecule has 1 saturated carbocycles. The highest BCUT2D eigenvalue weighted by Crippen LogP contribution is 2.60. The van der Waals surface area contributed by atoms with E-state index >= 15 is 0 Å². The molecule has 0 aromatic heterocycles. The van der Waals surface area contributed by atoms with Crippen molar-refractivity contribution in [2.75, 3.05) is 7.11 Å².